The predicted octanol–water partition coefficient (Wildman–Crippen LogP) is 2.75. The molecule has 2 aromatic rings. The van der Waals surface area contributed by atoms with Crippen LogP contribution < -0.4 is 0 Å². The van der Waals surface area contributed by atoms with Crippen LogP contribution in [0.3, 0.4) is 0 Å². The number of rotatable bonds is 2. The molecule has 0 bridgehead atoms. The summed E-state index contributed by atoms with van der Waals surface area (Å²) >= 11 is 0. The molecule has 0 fully saturated rings. The summed E-state index contributed by atoms with van der Waals surface area (Å²) in [6, 6.07) is 11.5. The minimum Gasteiger partial charge on any atom is -0.293 e. The first-order valence-corrected chi connectivity index (χ1v) is 6.46. The summed E-state index contributed by atoms with van der Waals surface area (Å²) in [5.41, 5.74) is 1.61. The summed E-state index contributed by atoms with van der Waals surface area (Å²) in [5, 5.41) is 0. The smallest absolute Gasteiger partial charge is 0.196 e. The second-order valence-electron chi connectivity index (χ2n) is 4.76. The van der Waals surface area contributed by atoms with E-state index >= 15 is 0 Å². The molecule has 0 aliphatic heterocycles. The second kappa shape index (κ2) is 4.90. The van der Waals surface area contributed by atoms with Crippen molar-refractivity contribution in [1.29, 1.82) is 0 Å². The molecule has 1 aromatic carbocycles. The first kappa shape index (κ1) is 13.1. The summed E-state index contributed by atoms with van der Waals surface area (Å²) < 4.78 is 0. The fourth-order valence-corrected chi connectivity index (χ4v) is 2.29. The fourth-order valence-electron chi connectivity index (χ4n) is 2.29. The Labute approximate surface area is 121 Å². The molecule has 0 radical (unpaired) electrons. The van der Waals surface area contributed by atoms with Gasteiger partial charge in [0.1, 0.15) is 5.69 Å². The van der Waals surface area contributed by atoms with Gasteiger partial charge >= 0.3 is 0 Å². The van der Waals surface area contributed by atoms with Crippen LogP contribution in [0.4, 0.5) is 0 Å². The zero-order valence-corrected chi connectivity index (χ0v) is 11.3. The van der Waals surface area contributed by atoms with Gasteiger partial charge in [-0.15, -0.1) is 0 Å². The van der Waals surface area contributed by atoms with Gasteiger partial charge in [-0.2, -0.15) is 0 Å². The highest BCUT2D eigenvalue weighted by Gasteiger charge is 2.26. The van der Waals surface area contributed by atoms with Gasteiger partial charge in [-0.05, 0) is 18.2 Å². The van der Waals surface area contributed by atoms with Crippen LogP contribution in [0.25, 0.3) is 5.57 Å². The van der Waals surface area contributed by atoms with Crippen molar-refractivity contribution >= 4 is 22.9 Å². The van der Waals surface area contributed by atoms with Crippen molar-refractivity contribution in [3.05, 3.63) is 71.1 Å². The van der Waals surface area contributed by atoms with Crippen molar-refractivity contribution in [2.75, 3.05) is 0 Å². The lowest BCUT2D eigenvalue weighted by atomic mass is 9.88. The highest BCUT2D eigenvalue weighted by atomic mass is 16.1. The number of fused-ring (bicyclic) bond motifs is 1. The Morgan fingerprint density at radius 3 is 2.38 bits per heavy atom. The number of carbonyl (C=O) groups excluding carboxylic acids is 3. The Morgan fingerprint density at radius 1 is 0.952 bits per heavy atom. The molecule has 0 atom stereocenters. The number of allylic oxidation sites excluding steroid dienone is 2. The zero-order chi connectivity index (χ0) is 15.0. The fraction of sp³-hybridized carbons (Fsp3) is 0.0588. The molecule has 0 amide bonds. The summed E-state index contributed by atoms with van der Waals surface area (Å²) in [6.45, 7) is 1.41. The van der Waals surface area contributed by atoms with E-state index in [0.29, 0.717) is 16.8 Å². The Bertz CT molecular complexity index is 818. The second-order valence-corrected chi connectivity index (χ2v) is 4.76. The molecule has 0 N–H and O–H groups in total. The number of nitrogens with zero attached hydrogens (tertiary/aromatic N) is 1. The molecule has 4 nitrogen and oxygen atoms in total. The quantitative estimate of drug-likeness (QED) is 0.792. The maximum Gasteiger partial charge on any atom is 0.196 e. The van der Waals surface area contributed by atoms with Gasteiger partial charge in [0.25, 0.3) is 0 Å². The molecule has 102 valence electrons. The van der Waals surface area contributed by atoms with Gasteiger partial charge < -0.3 is 0 Å². The minimum absolute atomic E-state index is 0.188. The number of hydrogen-bond acceptors (Lipinski definition) is 4. The number of benzene rings is 1. The van der Waals surface area contributed by atoms with Gasteiger partial charge in [-0.1, -0.05) is 30.3 Å². The molecule has 0 saturated heterocycles. The normalized spacial score (nSPS) is 13.7. The molecule has 4 heteroatoms. The standard InChI is InChI=1S/C17H11NO3/c1-10(19)14-7-4-8-15(18-14)13-9-16(20)11-5-2-3-6-12(11)17(13)21/h2-9H,1H3. The van der Waals surface area contributed by atoms with E-state index in [1.807, 2.05) is 0 Å². The van der Waals surface area contributed by atoms with E-state index in [9.17, 15) is 14.4 Å². The molecule has 1 heterocycles. The largest absolute Gasteiger partial charge is 0.293 e. The molecule has 0 unspecified atom stereocenters. The number of carbonyl (C=O) groups is 3. The number of pyridine rings is 1. The van der Waals surface area contributed by atoms with E-state index < -0.39 is 0 Å². The minimum atomic E-state index is -0.251. The highest BCUT2D eigenvalue weighted by molar-refractivity contribution is 6.38. The lowest BCUT2D eigenvalue weighted by Crippen LogP contribution is -2.17. The van der Waals surface area contributed by atoms with Crippen molar-refractivity contribution in [2.45, 2.75) is 6.92 Å². The monoisotopic (exact) mass is 277 g/mol. The van der Waals surface area contributed by atoms with Crippen LogP contribution in [-0.4, -0.2) is 22.3 Å². The Morgan fingerprint density at radius 2 is 1.67 bits per heavy atom. The van der Waals surface area contributed by atoms with Crippen LogP contribution >= 0.6 is 0 Å². The van der Waals surface area contributed by atoms with Crippen LogP contribution in [0.15, 0.2) is 48.5 Å². The van der Waals surface area contributed by atoms with Gasteiger partial charge in [-0.25, -0.2) is 4.98 Å². The Hall–Kier alpha value is -2.88. The van der Waals surface area contributed by atoms with Crippen molar-refractivity contribution < 1.29 is 14.4 Å². The molecule has 21 heavy (non-hydrogen) atoms. The van der Waals surface area contributed by atoms with E-state index in [1.54, 1.807) is 42.5 Å². The van der Waals surface area contributed by atoms with Crippen LogP contribution in [0.1, 0.15) is 43.8 Å². The van der Waals surface area contributed by atoms with E-state index in [2.05, 4.69) is 4.98 Å². The van der Waals surface area contributed by atoms with E-state index in [0.717, 1.165) is 0 Å². The molecular weight excluding hydrogens is 266 g/mol. The van der Waals surface area contributed by atoms with Crippen molar-refractivity contribution in [3.63, 3.8) is 0 Å². The number of aromatic nitrogens is 1. The molecule has 0 saturated carbocycles. The van der Waals surface area contributed by atoms with Crippen LogP contribution in [-0.2, 0) is 0 Å². The molecule has 1 aliphatic rings. The van der Waals surface area contributed by atoms with Gasteiger partial charge in [0.15, 0.2) is 17.3 Å². The third-order valence-electron chi connectivity index (χ3n) is 3.34. The molecule has 1 aromatic heterocycles. The van der Waals surface area contributed by atoms with Crippen LogP contribution in [0.5, 0.6) is 0 Å². The molecular formula is C17H11NO3. The zero-order valence-electron chi connectivity index (χ0n) is 11.3. The van der Waals surface area contributed by atoms with Gasteiger partial charge in [0.05, 0.1) is 11.3 Å². The predicted molar refractivity (Wildman–Crippen MR) is 77.3 cm³/mol. The average Bonchev–Trinajstić information content (AvgIpc) is 2.51. The van der Waals surface area contributed by atoms with Crippen molar-refractivity contribution in [3.8, 4) is 0 Å². The summed E-state index contributed by atoms with van der Waals surface area (Å²) in [7, 11) is 0. The first-order chi connectivity index (χ1) is 10.1. The summed E-state index contributed by atoms with van der Waals surface area (Å²) in [5.74, 6) is -0.666. The van der Waals surface area contributed by atoms with Gasteiger partial charge in [0, 0.05) is 18.1 Å². The molecule has 3 rings (SSSR count). The Balaban J connectivity index is 2.13. The third-order valence-corrected chi connectivity index (χ3v) is 3.34. The highest BCUT2D eigenvalue weighted by Crippen LogP contribution is 2.26. The van der Waals surface area contributed by atoms with Crippen LogP contribution in [0.2, 0.25) is 0 Å². The lowest BCUT2D eigenvalue weighted by molar-refractivity contribution is 0.100. The lowest BCUT2D eigenvalue weighted by Gasteiger charge is -2.14. The number of Topliss-reactive ketones (excluding diaryl/α,β-unsaturated/α-hetero) is 2. The van der Waals surface area contributed by atoms with Gasteiger partial charge in [0.2, 0.25) is 0 Å². The van der Waals surface area contributed by atoms with E-state index in [-0.39, 0.29) is 28.6 Å². The number of hydrogen-bond donors (Lipinski definition) is 0. The van der Waals surface area contributed by atoms with Crippen molar-refractivity contribution in [1.82, 2.24) is 4.98 Å². The maximum absolute atomic E-state index is 12.5. The van der Waals surface area contributed by atoms with E-state index in [4.69, 9.17) is 0 Å². The van der Waals surface area contributed by atoms with Crippen LogP contribution in [0, 0.1) is 0 Å². The topological polar surface area (TPSA) is 64.1 Å². The third kappa shape index (κ3) is 2.21. The molecule has 1 aliphatic carbocycles. The van der Waals surface area contributed by atoms with Gasteiger partial charge in [-0.3, -0.25) is 14.4 Å². The number of ketones is 3. The van der Waals surface area contributed by atoms with E-state index in [1.165, 1.54) is 13.0 Å². The SMILES string of the molecule is CC(=O)c1cccc(C2=CC(=O)c3ccccc3C2=O)n1. The Kier molecular flexibility index (Phi) is 3.06. The summed E-state index contributed by atoms with van der Waals surface area (Å²) in [4.78, 5) is 40.2. The molecule has 0 spiro atoms. The van der Waals surface area contributed by atoms with Crippen molar-refractivity contribution in [2.24, 2.45) is 0 Å². The first-order valence-electron chi connectivity index (χ1n) is 6.46. The maximum atomic E-state index is 12.5. The average molecular weight is 277 g/mol. The summed E-state index contributed by atoms with van der Waals surface area (Å²) in [6.07, 6.45) is 1.29.